The number of aromatic nitrogens is 3. The van der Waals surface area contributed by atoms with Crippen LogP contribution in [0.2, 0.25) is 0 Å². The number of carbonyl (C=O) groups excluding carboxylic acids is 1. The summed E-state index contributed by atoms with van der Waals surface area (Å²) in [5.74, 6) is 0.340. The smallest absolute Gasteiger partial charge is 0.350 e. The summed E-state index contributed by atoms with van der Waals surface area (Å²) in [7, 11) is 3.66. The number of thiazole rings is 1. The molecule has 0 aromatic carbocycles. The highest BCUT2D eigenvalue weighted by molar-refractivity contribution is 14.0. The van der Waals surface area contributed by atoms with Gasteiger partial charge in [0.05, 0.1) is 24.0 Å². The van der Waals surface area contributed by atoms with E-state index in [9.17, 15) is 4.79 Å². The van der Waals surface area contributed by atoms with Gasteiger partial charge in [-0.2, -0.15) is 5.10 Å². The van der Waals surface area contributed by atoms with Crippen molar-refractivity contribution in [3.8, 4) is 0 Å². The summed E-state index contributed by atoms with van der Waals surface area (Å²) in [6.07, 6.45) is 0. The number of aliphatic imine (C=N–C) groups is 1. The van der Waals surface area contributed by atoms with Crippen LogP contribution in [0.5, 0.6) is 0 Å². The third-order valence-electron chi connectivity index (χ3n) is 4.31. The summed E-state index contributed by atoms with van der Waals surface area (Å²) in [5.41, 5.74) is 3.97. The van der Waals surface area contributed by atoms with Gasteiger partial charge in [0, 0.05) is 31.9 Å². The molecule has 10 heteroatoms. The van der Waals surface area contributed by atoms with Gasteiger partial charge in [-0.05, 0) is 34.6 Å². The molecule has 0 saturated heterocycles. The van der Waals surface area contributed by atoms with Crippen molar-refractivity contribution in [2.24, 2.45) is 12.0 Å². The zero-order valence-corrected chi connectivity index (χ0v) is 20.6. The lowest BCUT2D eigenvalue weighted by Gasteiger charge is -2.16. The Hall–Kier alpha value is -1.69. The average molecular weight is 520 g/mol. The minimum atomic E-state index is -0.323. The van der Waals surface area contributed by atoms with Gasteiger partial charge in [0.2, 0.25) is 0 Å². The van der Waals surface area contributed by atoms with E-state index in [1.165, 1.54) is 11.3 Å². The molecule has 0 bridgehead atoms. The number of nitrogens with zero attached hydrogens (tertiary/aromatic N) is 4. The number of hydrogen-bond donors (Lipinski definition) is 2. The molecule has 0 spiro atoms. The molecule has 28 heavy (non-hydrogen) atoms. The lowest BCUT2D eigenvalue weighted by Crippen LogP contribution is -2.38. The lowest BCUT2D eigenvalue weighted by atomic mass is 10.2. The normalized spacial score (nSPS) is 12.3. The maximum Gasteiger partial charge on any atom is 0.350 e. The Morgan fingerprint density at radius 2 is 2.00 bits per heavy atom. The van der Waals surface area contributed by atoms with Crippen molar-refractivity contribution in [1.82, 2.24) is 25.4 Å². The first kappa shape index (κ1) is 24.3. The van der Waals surface area contributed by atoms with Gasteiger partial charge in [0.25, 0.3) is 0 Å². The Labute approximate surface area is 187 Å². The van der Waals surface area contributed by atoms with E-state index in [1.54, 1.807) is 14.0 Å². The van der Waals surface area contributed by atoms with Gasteiger partial charge in [-0.25, -0.2) is 9.78 Å². The first-order valence-corrected chi connectivity index (χ1v) is 9.70. The molecule has 0 aliphatic rings. The summed E-state index contributed by atoms with van der Waals surface area (Å²) in [5, 5.41) is 11.9. The molecule has 8 nitrogen and oxygen atoms in total. The van der Waals surface area contributed by atoms with E-state index in [2.05, 4.69) is 25.7 Å². The van der Waals surface area contributed by atoms with Crippen LogP contribution in [0.25, 0.3) is 0 Å². The van der Waals surface area contributed by atoms with Crippen LogP contribution >= 0.6 is 35.3 Å². The quantitative estimate of drug-likeness (QED) is 0.263. The van der Waals surface area contributed by atoms with E-state index in [4.69, 9.17) is 4.74 Å². The number of rotatable bonds is 6. The molecule has 2 N–H and O–H groups in total. The lowest BCUT2D eigenvalue weighted by molar-refractivity contribution is 0.0531. The molecule has 1 atom stereocenters. The standard InChI is InChI=1S/C18H28N6O2S.HI/c1-8-26-17(25)15-11(3)21-16(27-15)12(4)22-18(19-6)20-9-14-10(2)23-24(7)13(14)5;/h12H,8-9H2,1-7H3,(H2,19,20,22);1H. The first-order chi connectivity index (χ1) is 12.8. The second-order valence-corrected chi connectivity index (χ2v) is 7.28. The third-order valence-corrected chi connectivity index (χ3v) is 5.63. The van der Waals surface area contributed by atoms with E-state index in [-0.39, 0.29) is 36.0 Å². The van der Waals surface area contributed by atoms with Crippen LogP contribution in [-0.2, 0) is 18.3 Å². The number of halogens is 1. The Morgan fingerprint density at radius 3 is 2.54 bits per heavy atom. The predicted molar refractivity (Wildman–Crippen MR) is 123 cm³/mol. The number of esters is 1. The molecule has 1 unspecified atom stereocenters. The minimum absolute atomic E-state index is 0. The van der Waals surface area contributed by atoms with E-state index < -0.39 is 0 Å². The van der Waals surface area contributed by atoms with Crippen LogP contribution in [0.4, 0.5) is 0 Å². The topological polar surface area (TPSA) is 93.4 Å². The SMILES string of the molecule is CCOC(=O)c1sc(C(C)NC(=NC)NCc2c(C)nn(C)c2C)nc1C.I. The van der Waals surface area contributed by atoms with Crippen molar-refractivity contribution < 1.29 is 9.53 Å². The van der Waals surface area contributed by atoms with Crippen LogP contribution < -0.4 is 10.6 Å². The number of ether oxygens (including phenoxy) is 1. The Morgan fingerprint density at radius 1 is 1.32 bits per heavy atom. The second-order valence-electron chi connectivity index (χ2n) is 6.25. The van der Waals surface area contributed by atoms with Gasteiger partial charge in [-0.3, -0.25) is 9.67 Å². The van der Waals surface area contributed by atoms with Gasteiger partial charge in [0.15, 0.2) is 5.96 Å². The molecule has 2 aromatic heterocycles. The summed E-state index contributed by atoms with van der Waals surface area (Å²) < 4.78 is 6.96. The minimum Gasteiger partial charge on any atom is -0.462 e. The average Bonchev–Trinajstić information content (AvgIpc) is 3.12. The number of nitrogens with one attached hydrogen (secondary N) is 2. The van der Waals surface area contributed by atoms with Gasteiger partial charge in [-0.15, -0.1) is 35.3 Å². The van der Waals surface area contributed by atoms with E-state index in [1.807, 2.05) is 39.4 Å². The highest BCUT2D eigenvalue weighted by atomic mass is 127. The molecule has 0 saturated carbocycles. The van der Waals surface area contributed by atoms with Crippen LogP contribution in [-0.4, -0.2) is 40.3 Å². The predicted octanol–water partition coefficient (Wildman–Crippen LogP) is 3.02. The fraction of sp³-hybridized carbons (Fsp3) is 0.556. The third kappa shape index (κ3) is 5.66. The van der Waals surface area contributed by atoms with Crippen molar-refractivity contribution in [2.45, 2.75) is 47.2 Å². The van der Waals surface area contributed by atoms with E-state index >= 15 is 0 Å². The summed E-state index contributed by atoms with van der Waals surface area (Å²) >= 11 is 1.35. The highest BCUT2D eigenvalue weighted by Crippen LogP contribution is 2.24. The largest absolute Gasteiger partial charge is 0.462 e. The highest BCUT2D eigenvalue weighted by Gasteiger charge is 2.20. The fourth-order valence-corrected chi connectivity index (χ4v) is 3.66. The molecule has 156 valence electrons. The molecular formula is C18H29IN6O2S. The molecule has 0 fully saturated rings. The Balaban J connectivity index is 0.00000392. The molecule has 2 rings (SSSR count). The van der Waals surface area contributed by atoms with Crippen molar-refractivity contribution in [3.63, 3.8) is 0 Å². The molecule has 0 aliphatic carbocycles. The fourth-order valence-electron chi connectivity index (χ4n) is 2.70. The summed E-state index contributed by atoms with van der Waals surface area (Å²) in [4.78, 5) is 21.3. The monoisotopic (exact) mass is 520 g/mol. The molecule has 2 heterocycles. The van der Waals surface area contributed by atoms with Gasteiger partial charge in [-0.1, -0.05) is 0 Å². The molecule has 0 amide bonds. The van der Waals surface area contributed by atoms with Crippen LogP contribution in [0.1, 0.15) is 57.2 Å². The van der Waals surface area contributed by atoms with E-state index in [0.29, 0.717) is 29.7 Å². The maximum atomic E-state index is 12.0. The van der Waals surface area contributed by atoms with Crippen LogP contribution in [0.15, 0.2) is 4.99 Å². The Kier molecular flexibility index (Phi) is 9.34. The second kappa shape index (κ2) is 10.7. The summed E-state index contributed by atoms with van der Waals surface area (Å²) in [6.45, 7) is 10.6. The molecule has 2 aromatic rings. The maximum absolute atomic E-state index is 12.0. The molecular weight excluding hydrogens is 491 g/mol. The number of carbonyl (C=O) groups is 1. The van der Waals surface area contributed by atoms with Crippen LogP contribution in [0, 0.1) is 20.8 Å². The van der Waals surface area contributed by atoms with Crippen LogP contribution in [0.3, 0.4) is 0 Å². The number of guanidine groups is 1. The van der Waals surface area contributed by atoms with Gasteiger partial charge >= 0.3 is 5.97 Å². The van der Waals surface area contributed by atoms with Gasteiger partial charge < -0.3 is 15.4 Å². The van der Waals surface area contributed by atoms with Crippen molar-refractivity contribution >= 4 is 47.2 Å². The summed E-state index contributed by atoms with van der Waals surface area (Å²) in [6, 6.07) is -0.0980. The zero-order valence-electron chi connectivity index (χ0n) is 17.4. The first-order valence-electron chi connectivity index (χ1n) is 8.89. The van der Waals surface area contributed by atoms with Crippen molar-refractivity contribution in [2.75, 3.05) is 13.7 Å². The number of aryl methyl sites for hydroxylation is 3. The molecule has 0 aliphatic heterocycles. The Bertz CT molecular complexity index is 845. The number of hydrogen-bond acceptors (Lipinski definition) is 6. The molecule has 0 radical (unpaired) electrons. The van der Waals surface area contributed by atoms with E-state index in [0.717, 1.165) is 22.0 Å². The zero-order chi connectivity index (χ0) is 20.1. The van der Waals surface area contributed by atoms with Crippen molar-refractivity contribution in [3.05, 3.63) is 32.5 Å². The van der Waals surface area contributed by atoms with Crippen molar-refractivity contribution in [1.29, 1.82) is 0 Å². The van der Waals surface area contributed by atoms with Gasteiger partial charge in [0.1, 0.15) is 9.88 Å².